The molecule has 1 saturated heterocycles. The molecule has 1 fully saturated rings. The highest BCUT2D eigenvalue weighted by molar-refractivity contribution is 7.71. The highest BCUT2D eigenvalue weighted by atomic mass is 32.1. The van der Waals surface area contributed by atoms with Gasteiger partial charge in [0.2, 0.25) is 0 Å². The van der Waals surface area contributed by atoms with Crippen molar-refractivity contribution >= 4 is 18.1 Å². The molecule has 9 nitrogen and oxygen atoms in total. The summed E-state index contributed by atoms with van der Waals surface area (Å²) in [4.78, 5) is 24.8. The Hall–Kier alpha value is -1.80. The van der Waals surface area contributed by atoms with Crippen LogP contribution in [-0.2, 0) is 16.1 Å². The summed E-state index contributed by atoms with van der Waals surface area (Å²) in [5.74, 6) is -2.23. The quantitative estimate of drug-likeness (QED) is 0.406. The number of halogens is 3. The van der Waals surface area contributed by atoms with Crippen molar-refractivity contribution in [3.63, 3.8) is 0 Å². The van der Waals surface area contributed by atoms with Crippen molar-refractivity contribution in [3.8, 4) is 0 Å². The lowest BCUT2D eigenvalue weighted by molar-refractivity contribution is -0.173. The van der Waals surface area contributed by atoms with E-state index in [1.807, 2.05) is 0 Å². The van der Waals surface area contributed by atoms with Crippen LogP contribution in [0.3, 0.4) is 0 Å². The summed E-state index contributed by atoms with van der Waals surface area (Å²) >= 11 is 4.90. The minimum atomic E-state index is -5.11. The van der Waals surface area contributed by atoms with Gasteiger partial charge in [0, 0.05) is 12.7 Å². The lowest BCUT2D eigenvalue weighted by Crippen LogP contribution is -2.38. The lowest BCUT2D eigenvalue weighted by Gasteiger charge is -2.19. The molecule has 1 aliphatic rings. The van der Waals surface area contributed by atoms with Gasteiger partial charge in [0.25, 0.3) is 5.56 Å². The number of aliphatic hydroxyl groups is 3. The van der Waals surface area contributed by atoms with Crippen LogP contribution in [0.4, 0.5) is 13.2 Å². The maximum atomic E-state index is 12.2. The number of carbonyl (C=O) groups is 1. The highest BCUT2D eigenvalue weighted by Crippen LogP contribution is 2.29. The van der Waals surface area contributed by atoms with Gasteiger partial charge in [-0.05, 0) is 12.2 Å². The van der Waals surface area contributed by atoms with Gasteiger partial charge in [-0.1, -0.05) is 0 Å². The third-order valence-corrected chi connectivity index (χ3v) is 3.84. The number of rotatable bonds is 4. The molecule has 2 heterocycles. The first-order valence-corrected chi connectivity index (χ1v) is 7.29. The number of nitrogens with zero attached hydrogens (tertiary/aromatic N) is 1. The molecule has 0 aliphatic carbocycles. The zero-order valence-electron chi connectivity index (χ0n) is 12.4. The van der Waals surface area contributed by atoms with Crippen LogP contribution < -0.4 is 10.9 Å². The van der Waals surface area contributed by atoms with Crippen molar-refractivity contribution in [1.82, 2.24) is 14.9 Å². The second-order valence-corrected chi connectivity index (χ2v) is 5.62. The van der Waals surface area contributed by atoms with E-state index in [-0.39, 0.29) is 10.3 Å². The molecule has 0 aromatic carbocycles. The summed E-state index contributed by atoms with van der Waals surface area (Å²) in [6, 6.07) is 0. The molecule has 1 aromatic rings. The van der Waals surface area contributed by atoms with E-state index in [9.17, 15) is 33.0 Å². The van der Waals surface area contributed by atoms with Crippen molar-refractivity contribution in [2.45, 2.75) is 37.3 Å². The number of nitrogens with one attached hydrogen (secondary N) is 2. The molecule has 140 valence electrons. The molecule has 0 radical (unpaired) electrons. The number of hydrogen-bond acceptors (Lipinski definition) is 7. The van der Waals surface area contributed by atoms with Crippen LogP contribution in [0.25, 0.3) is 0 Å². The fraction of sp³-hybridized carbons (Fsp3) is 0.583. The Bertz CT molecular complexity index is 764. The number of ether oxygens (including phenoxy) is 1. The SMILES string of the molecule is O=C(NCc1cn(C2O[C@H](CO)[C@@H](O)[C@H]2O)c(=S)[nH]c1=O)C(F)(F)F. The largest absolute Gasteiger partial charge is 0.471 e. The van der Waals surface area contributed by atoms with Crippen LogP contribution in [0, 0.1) is 4.77 Å². The van der Waals surface area contributed by atoms with Crippen molar-refractivity contribution in [3.05, 3.63) is 26.9 Å². The van der Waals surface area contributed by atoms with Crippen LogP contribution in [0.1, 0.15) is 11.8 Å². The van der Waals surface area contributed by atoms with E-state index in [1.54, 1.807) is 0 Å². The number of hydrogen-bond donors (Lipinski definition) is 5. The maximum Gasteiger partial charge on any atom is 0.471 e. The predicted octanol–water partition coefficient (Wildman–Crippen LogP) is -1.30. The number of amides is 1. The van der Waals surface area contributed by atoms with E-state index in [1.165, 1.54) is 5.32 Å². The molecule has 25 heavy (non-hydrogen) atoms. The van der Waals surface area contributed by atoms with Crippen LogP contribution in [0.2, 0.25) is 0 Å². The van der Waals surface area contributed by atoms with Gasteiger partial charge in [0.1, 0.15) is 18.3 Å². The van der Waals surface area contributed by atoms with E-state index in [0.717, 1.165) is 10.8 Å². The lowest BCUT2D eigenvalue weighted by atomic mass is 10.1. The minimum Gasteiger partial charge on any atom is -0.394 e. The van der Waals surface area contributed by atoms with Gasteiger partial charge in [0.15, 0.2) is 11.0 Å². The Morgan fingerprint density at radius 1 is 1.40 bits per heavy atom. The van der Waals surface area contributed by atoms with Gasteiger partial charge < -0.3 is 25.4 Å². The van der Waals surface area contributed by atoms with Gasteiger partial charge in [-0.25, -0.2) is 0 Å². The summed E-state index contributed by atoms with van der Waals surface area (Å²) in [6.45, 7) is -1.35. The monoisotopic (exact) mass is 385 g/mol. The average molecular weight is 385 g/mol. The van der Waals surface area contributed by atoms with Crippen molar-refractivity contribution in [2.75, 3.05) is 6.61 Å². The number of alkyl halides is 3. The number of aliphatic hydroxyl groups excluding tert-OH is 3. The molecule has 1 aliphatic heterocycles. The Kier molecular flexibility index (Phi) is 5.63. The molecular weight excluding hydrogens is 371 g/mol. The number of H-pyrrole nitrogens is 1. The average Bonchev–Trinajstić information content (AvgIpc) is 2.81. The molecule has 4 atom stereocenters. The summed E-state index contributed by atoms with van der Waals surface area (Å²) in [6.07, 6.45) is -9.44. The Morgan fingerprint density at radius 3 is 2.56 bits per heavy atom. The molecule has 0 bridgehead atoms. The standard InChI is InChI=1S/C12H14F3N3O6S/c13-12(14,15)10(23)16-1-4-2-18(11(25)17-8(4)22)9-7(21)6(20)5(3-19)24-9/h2,5-7,9,19-21H,1,3H2,(H,16,23)(H,17,22,25)/t5-,6-,7-,9?/m1/s1. The van der Waals surface area contributed by atoms with Crippen molar-refractivity contribution in [1.29, 1.82) is 0 Å². The van der Waals surface area contributed by atoms with Crippen LogP contribution in [0.15, 0.2) is 11.0 Å². The minimum absolute atomic E-state index is 0.231. The third-order valence-electron chi connectivity index (χ3n) is 3.53. The normalized spacial score (nSPS) is 26.6. The molecule has 1 aromatic heterocycles. The van der Waals surface area contributed by atoms with E-state index in [0.29, 0.717) is 0 Å². The van der Waals surface area contributed by atoms with Crippen LogP contribution in [0.5, 0.6) is 0 Å². The molecule has 13 heteroatoms. The maximum absolute atomic E-state index is 12.2. The van der Waals surface area contributed by atoms with Gasteiger partial charge in [0.05, 0.1) is 12.2 Å². The summed E-state index contributed by atoms with van der Waals surface area (Å²) in [5.41, 5.74) is -1.13. The van der Waals surface area contributed by atoms with E-state index >= 15 is 0 Å². The topological polar surface area (TPSA) is 137 Å². The van der Waals surface area contributed by atoms with Gasteiger partial charge in [-0.15, -0.1) is 0 Å². The van der Waals surface area contributed by atoms with Crippen molar-refractivity contribution in [2.24, 2.45) is 0 Å². The first-order chi connectivity index (χ1) is 11.6. The van der Waals surface area contributed by atoms with E-state index in [4.69, 9.17) is 22.1 Å². The first kappa shape index (κ1) is 19.5. The van der Waals surface area contributed by atoms with Crippen molar-refractivity contribution < 1.29 is 38.0 Å². The van der Waals surface area contributed by atoms with Crippen LogP contribution >= 0.6 is 12.2 Å². The zero-order chi connectivity index (χ0) is 18.9. The fourth-order valence-electron chi connectivity index (χ4n) is 2.23. The molecule has 0 spiro atoms. The molecule has 1 unspecified atom stereocenters. The van der Waals surface area contributed by atoms with Gasteiger partial charge in [-0.3, -0.25) is 19.1 Å². The highest BCUT2D eigenvalue weighted by Gasteiger charge is 2.43. The van der Waals surface area contributed by atoms with E-state index in [2.05, 4.69) is 4.98 Å². The Labute approximate surface area is 142 Å². The van der Waals surface area contributed by atoms with E-state index < -0.39 is 55.3 Å². The molecule has 0 saturated carbocycles. The molecular formula is C12H14F3N3O6S. The second kappa shape index (κ2) is 7.21. The smallest absolute Gasteiger partial charge is 0.394 e. The summed E-state index contributed by atoms with van der Waals surface area (Å²) < 4.78 is 42.6. The zero-order valence-corrected chi connectivity index (χ0v) is 13.2. The van der Waals surface area contributed by atoms with Gasteiger partial charge in [-0.2, -0.15) is 13.2 Å². The van der Waals surface area contributed by atoms with Gasteiger partial charge >= 0.3 is 12.1 Å². The molecule has 5 N–H and O–H groups in total. The number of aromatic amines is 1. The number of aromatic nitrogens is 2. The summed E-state index contributed by atoms with van der Waals surface area (Å²) in [7, 11) is 0. The first-order valence-electron chi connectivity index (χ1n) is 6.88. The molecule has 2 rings (SSSR count). The third kappa shape index (κ3) is 4.07. The Balaban J connectivity index is 2.28. The summed E-state index contributed by atoms with van der Waals surface area (Å²) in [5, 5.41) is 30.3. The fourth-order valence-corrected chi connectivity index (χ4v) is 2.48. The van der Waals surface area contributed by atoms with Crippen LogP contribution in [-0.4, -0.2) is 61.9 Å². The second-order valence-electron chi connectivity index (χ2n) is 5.23. The number of carbonyl (C=O) groups excluding carboxylic acids is 1. The Morgan fingerprint density at radius 2 is 2.04 bits per heavy atom. The predicted molar refractivity (Wildman–Crippen MR) is 76.8 cm³/mol. The molecule has 1 amide bonds.